The first-order valence-electron chi connectivity index (χ1n) is 6.02. The smallest absolute Gasteiger partial charge is 0.356 e. The molecule has 0 spiro atoms. The largest absolute Gasteiger partial charge is 0.476 e. The van der Waals surface area contributed by atoms with Crippen LogP contribution >= 0.6 is 0 Å². The van der Waals surface area contributed by atoms with E-state index in [0.29, 0.717) is 5.69 Å². The Labute approximate surface area is 111 Å². The van der Waals surface area contributed by atoms with Crippen LogP contribution in [0.4, 0.5) is 0 Å². The second kappa shape index (κ2) is 5.24. The fourth-order valence-corrected chi connectivity index (χ4v) is 1.92. The van der Waals surface area contributed by atoms with E-state index in [0.717, 1.165) is 11.1 Å². The van der Waals surface area contributed by atoms with Gasteiger partial charge in [-0.2, -0.15) is 5.10 Å². The third kappa shape index (κ3) is 2.66. The van der Waals surface area contributed by atoms with Gasteiger partial charge in [0, 0.05) is 5.56 Å². The van der Waals surface area contributed by atoms with Crippen LogP contribution in [0.3, 0.4) is 0 Å². The molecule has 1 heterocycles. The molecule has 0 radical (unpaired) electrons. The molecule has 0 saturated carbocycles. The van der Waals surface area contributed by atoms with Gasteiger partial charge in [-0.15, -0.1) is 0 Å². The van der Waals surface area contributed by atoms with Gasteiger partial charge < -0.3 is 10.2 Å². The lowest BCUT2D eigenvalue weighted by molar-refractivity contribution is 0.0689. The minimum Gasteiger partial charge on any atom is -0.476 e. The number of aliphatic hydroxyl groups is 1. The number of hydrogen-bond acceptors (Lipinski definition) is 3. The molecule has 0 unspecified atom stereocenters. The van der Waals surface area contributed by atoms with Gasteiger partial charge in [-0.1, -0.05) is 12.1 Å². The molecule has 0 bridgehead atoms. The molecule has 5 heteroatoms. The number of aromatic carboxylic acids is 1. The standard InChI is InChI=1S/C14H16N2O3/c1-9-3-4-11(7-10(9)2)13-8-12(14(18)19)15-16(13)5-6-17/h3-4,7-8,17H,5-6H2,1-2H3,(H,18,19). The Morgan fingerprint density at radius 2 is 2.00 bits per heavy atom. The van der Waals surface area contributed by atoms with Crippen molar-refractivity contribution in [2.45, 2.75) is 20.4 Å². The number of carboxylic acids is 1. The highest BCUT2D eigenvalue weighted by Crippen LogP contribution is 2.23. The zero-order valence-electron chi connectivity index (χ0n) is 10.9. The predicted octanol–water partition coefficient (Wildman–Crippen LogP) is 1.86. The number of aliphatic hydroxyl groups excluding tert-OH is 1. The molecule has 19 heavy (non-hydrogen) atoms. The summed E-state index contributed by atoms with van der Waals surface area (Å²) in [6.45, 7) is 4.21. The van der Waals surface area contributed by atoms with Crippen LogP contribution in [0.5, 0.6) is 0 Å². The number of nitrogens with zero attached hydrogens (tertiary/aromatic N) is 2. The van der Waals surface area contributed by atoms with Gasteiger partial charge >= 0.3 is 5.97 Å². The summed E-state index contributed by atoms with van der Waals surface area (Å²) in [6, 6.07) is 7.44. The van der Waals surface area contributed by atoms with E-state index in [2.05, 4.69) is 5.10 Å². The van der Waals surface area contributed by atoms with E-state index in [4.69, 9.17) is 10.2 Å². The predicted molar refractivity (Wildman–Crippen MR) is 71.2 cm³/mol. The van der Waals surface area contributed by atoms with Crippen molar-refractivity contribution < 1.29 is 15.0 Å². The highest BCUT2D eigenvalue weighted by Gasteiger charge is 2.14. The van der Waals surface area contributed by atoms with E-state index in [1.54, 1.807) is 0 Å². The number of carboxylic acid groups (broad SMARTS) is 1. The van der Waals surface area contributed by atoms with Gasteiger partial charge in [0.2, 0.25) is 0 Å². The van der Waals surface area contributed by atoms with Gasteiger partial charge in [0.05, 0.1) is 18.8 Å². The molecular weight excluding hydrogens is 244 g/mol. The summed E-state index contributed by atoms with van der Waals surface area (Å²) in [5.41, 5.74) is 3.90. The van der Waals surface area contributed by atoms with E-state index >= 15 is 0 Å². The normalized spacial score (nSPS) is 10.7. The third-order valence-electron chi connectivity index (χ3n) is 3.11. The molecule has 0 aliphatic heterocycles. The highest BCUT2D eigenvalue weighted by atomic mass is 16.4. The Bertz CT molecular complexity index is 617. The zero-order valence-corrected chi connectivity index (χ0v) is 10.9. The molecule has 1 aromatic heterocycles. The lowest BCUT2D eigenvalue weighted by Crippen LogP contribution is -2.07. The molecule has 0 aliphatic carbocycles. The quantitative estimate of drug-likeness (QED) is 0.879. The molecule has 0 fully saturated rings. The highest BCUT2D eigenvalue weighted by molar-refractivity contribution is 5.87. The Morgan fingerprint density at radius 1 is 1.26 bits per heavy atom. The van der Waals surface area contributed by atoms with Gasteiger partial charge in [-0.25, -0.2) is 4.79 Å². The van der Waals surface area contributed by atoms with E-state index in [1.807, 2.05) is 32.0 Å². The summed E-state index contributed by atoms with van der Waals surface area (Å²) in [5, 5.41) is 22.0. The Kier molecular flexibility index (Phi) is 3.66. The second-order valence-corrected chi connectivity index (χ2v) is 4.47. The number of benzene rings is 1. The first kappa shape index (κ1) is 13.3. The van der Waals surface area contributed by atoms with Crippen LogP contribution in [0, 0.1) is 13.8 Å². The second-order valence-electron chi connectivity index (χ2n) is 4.47. The monoisotopic (exact) mass is 260 g/mol. The molecular formula is C14H16N2O3. The maximum Gasteiger partial charge on any atom is 0.356 e. The van der Waals surface area contributed by atoms with Gasteiger partial charge in [-0.3, -0.25) is 4.68 Å². The van der Waals surface area contributed by atoms with Gasteiger partial charge in [0.25, 0.3) is 0 Å². The average molecular weight is 260 g/mol. The van der Waals surface area contributed by atoms with Crippen molar-refractivity contribution in [1.29, 1.82) is 0 Å². The molecule has 0 atom stereocenters. The summed E-state index contributed by atoms with van der Waals surface area (Å²) in [6.07, 6.45) is 0. The Morgan fingerprint density at radius 3 is 2.58 bits per heavy atom. The first-order chi connectivity index (χ1) is 9.02. The van der Waals surface area contributed by atoms with Crippen molar-refractivity contribution in [1.82, 2.24) is 9.78 Å². The fourth-order valence-electron chi connectivity index (χ4n) is 1.92. The lowest BCUT2D eigenvalue weighted by atomic mass is 10.0. The van der Waals surface area contributed by atoms with Crippen molar-refractivity contribution in [2.24, 2.45) is 0 Å². The topological polar surface area (TPSA) is 75.3 Å². The van der Waals surface area contributed by atoms with Gasteiger partial charge in [-0.05, 0) is 37.1 Å². The van der Waals surface area contributed by atoms with Crippen molar-refractivity contribution in [2.75, 3.05) is 6.61 Å². The van der Waals surface area contributed by atoms with Gasteiger partial charge in [0.15, 0.2) is 5.69 Å². The Balaban J connectivity index is 2.52. The van der Waals surface area contributed by atoms with Gasteiger partial charge in [0.1, 0.15) is 0 Å². The molecule has 0 saturated heterocycles. The number of aryl methyl sites for hydroxylation is 2. The number of rotatable bonds is 4. The van der Waals surface area contributed by atoms with E-state index in [1.165, 1.54) is 16.3 Å². The molecule has 2 rings (SSSR count). The number of hydrogen-bond donors (Lipinski definition) is 2. The molecule has 0 aliphatic rings. The van der Waals surface area contributed by atoms with Crippen LogP contribution in [0.25, 0.3) is 11.3 Å². The van der Waals surface area contributed by atoms with Crippen molar-refractivity contribution in [3.05, 3.63) is 41.1 Å². The molecule has 2 N–H and O–H groups in total. The van der Waals surface area contributed by atoms with E-state index < -0.39 is 5.97 Å². The van der Waals surface area contributed by atoms with Crippen LogP contribution in [0.2, 0.25) is 0 Å². The summed E-state index contributed by atoms with van der Waals surface area (Å²) in [5.74, 6) is -1.07. The maximum absolute atomic E-state index is 11.0. The zero-order chi connectivity index (χ0) is 14.0. The SMILES string of the molecule is Cc1ccc(-c2cc(C(=O)O)nn2CCO)cc1C. The van der Waals surface area contributed by atoms with Crippen molar-refractivity contribution in [3.63, 3.8) is 0 Å². The summed E-state index contributed by atoms with van der Waals surface area (Å²) in [4.78, 5) is 11.0. The minimum atomic E-state index is -1.07. The molecule has 100 valence electrons. The first-order valence-corrected chi connectivity index (χ1v) is 6.02. The summed E-state index contributed by atoms with van der Waals surface area (Å²) in [7, 11) is 0. The minimum absolute atomic E-state index is 0.0123. The van der Waals surface area contributed by atoms with E-state index in [9.17, 15) is 4.79 Å². The van der Waals surface area contributed by atoms with E-state index in [-0.39, 0.29) is 18.8 Å². The molecule has 0 amide bonds. The van der Waals surface area contributed by atoms with Crippen LogP contribution in [0.15, 0.2) is 24.3 Å². The van der Waals surface area contributed by atoms with Crippen LogP contribution in [0.1, 0.15) is 21.6 Å². The maximum atomic E-state index is 11.0. The number of aromatic nitrogens is 2. The van der Waals surface area contributed by atoms with Crippen molar-refractivity contribution in [3.8, 4) is 11.3 Å². The summed E-state index contributed by atoms with van der Waals surface area (Å²) >= 11 is 0. The summed E-state index contributed by atoms with van der Waals surface area (Å²) < 4.78 is 1.52. The Hall–Kier alpha value is -2.14. The molecule has 2 aromatic rings. The average Bonchev–Trinajstić information content (AvgIpc) is 2.77. The molecule has 1 aromatic carbocycles. The van der Waals surface area contributed by atoms with Crippen LogP contribution < -0.4 is 0 Å². The van der Waals surface area contributed by atoms with Crippen molar-refractivity contribution >= 4 is 5.97 Å². The van der Waals surface area contributed by atoms with Crippen LogP contribution in [-0.2, 0) is 6.54 Å². The number of carbonyl (C=O) groups is 1. The lowest BCUT2D eigenvalue weighted by Gasteiger charge is -2.07. The van der Waals surface area contributed by atoms with Crippen LogP contribution in [-0.4, -0.2) is 32.6 Å². The fraction of sp³-hybridized carbons (Fsp3) is 0.286. The molecule has 5 nitrogen and oxygen atoms in total. The third-order valence-corrected chi connectivity index (χ3v) is 3.11.